The van der Waals surface area contributed by atoms with Gasteiger partial charge in [-0.05, 0) is 100 Å². The Morgan fingerprint density at radius 3 is 2.59 bits per heavy atom. The molecule has 0 radical (unpaired) electrons. The lowest BCUT2D eigenvalue weighted by molar-refractivity contribution is -0.174. The molecule has 44 heavy (non-hydrogen) atoms. The van der Waals surface area contributed by atoms with Crippen LogP contribution in [0.5, 0.6) is 0 Å². The van der Waals surface area contributed by atoms with Crippen LogP contribution in [0.15, 0.2) is 23.8 Å². The number of rotatable bonds is 12. The molecule has 0 aromatic rings. The fourth-order valence-corrected chi connectivity index (χ4v) is 10.4. The van der Waals surface area contributed by atoms with Gasteiger partial charge in [0.05, 0.1) is 11.9 Å². The van der Waals surface area contributed by atoms with Crippen LogP contribution in [0.4, 0.5) is 0 Å². The van der Waals surface area contributed by atoms with Gasteiger partial charge in [0, 0.05) is 30.2 Å². The van der Waals surface area contributed by atoms with Gasteiger partial charge in [0.15, 0.2) is 11.6 Å². The third kappa shape index (κ3) is 6.35. The van der Waals surface area contributed by atoms with E-state index in [-0.39, 0.29) is 65.0 Å². The Balaban J connectivity index is 1.05. The summed E-state index contributed by atoms with van der Waals surface area (Å²) in [4.78, 5) is 51.6. The first-order valence-corrected chi connectivity index (χ1v) is 17.9. The number of hydrogen-bond donors (Lipinski definition) is 2. The molecule has 5 aliphatic rings. The molecule has 8 nitrogen and oxygen atoms in total. The van der Waals surface area contributed by atoms with Crippen LogP contribution in [0.2, 0.25) is 0 Å². The Morgan fingerprint density at radius 1 is 1.09 bits per heavy atom. The maximum absolute atomic E-state index is 13.6. The molecule has 5 rings (SSSR count). The number of Topliss-reactive ketones (excluding diaryl/α,β-unsaturated/α-hetero) is 1. The highest BCUT2D eigenvalue weighted by Gasteiger charge is 2.67. The van der Waals surface area contributed by atoms with Crippen LogP contribution in [-0.2, 0) is 23.9 Å². The Kier molecular flexibility index (Phi) is 10.2. The van der Waals surface area contributed by atoms with Gasteiger partial charge in [0.1, 0.15) is 18.2 Å². The quantitative estimate of drug-likeness (QED) is 0.233. The van der Waals surface area contributed by atoms with Gasteiger partial charge >= 0.3 is 5.97 Å². The number of thioether (sulfide) groups is 1. The second-order valence-electron chi connectivity index (χ2n) is 14.5. The summed E-state index contributed by atoms with van der Waals surface area (Å²) in [7, 11) is 1.64. The van der Waals surface area contributed by atoms with E-state index in [4.69, 9.17) is 4.74 Å². The van der Waals surface area contributed by atoms with Gasteiger partial charge < -0.3 is 19.8 Å². The molecule has 4 fully saturated rings. The topological polar surface area (TPSA) is 121 Å². The lowest BCUT2D eigenvalue weighted by atomic mass is 9.46. The second-order valence-corrected chi connectivity index (χ2v) is 15.6. The lowest BCUT2D eigenvalue weighted by Gasteiger charge is -2.59. The zero-order valence-electron chi connectivity index (χ0n) is 26.7. The molecular formula is C35H51NO7S. The first-order valence-electron chi connectivity index (χ1n) is 16.8. The van der Waals surface area contributed by atoms with E-state index in [0.717, 1.165) is 75.5 Å². The number of amides is 1. The van der Waals surface area contributed by atoms with E-state index in [1.807, 2.05) is 13.0 Å². The molecule has 4 saturated carbocycles. The van der Waals surface area contributed by atoms with Crippen molar-refractivity contribution in [1.29, 1.82) is 0 Å². The number of aliphatic hydroxyl groups excluding tert-OH is 1. The Bertz CT molecular complexity index is 1190. The first-order chi connectivity index (χ1) is 20.9. The van der Waals surface area contributed by atoms with Crippen LogP contribution in [0.1, 0.15) is 97.3 Å². The number of ether oxygens (including phenoxy) is 1. The largest absolute Gasteiger partial charge is 0.461 e. The maximum Gasteiger partial charge on any atom is 0.325 e. The minimum absolute atomic E-state index is 0.00489. The number of carbonyl (C=O) groups excluding carboxylic acids is 4. The monoisotopic (exact) mass is 629 g/mol. The Hall–Kier alpha value is -1.97. The van der Waals surface area contributed by atoms with Crippen molar-refractivity contribution in [3.05, 3.63) is 23.8 Å². The molecule has 1 amide bonds. The number of fused-ring (bicyclic) bond motifs is 5. The van der Waals surface area contributed by atoms with Crippen molar-refractivity contribution >= 4 is 35.2 Å². The Morgan fingerprint density at radius 2 is 1.84 bits per heavy atom. The van der Waals surface area contributed by atoms with Gasteiger partial charge in [-0.15, -0.1) is 0 Å². The van der Waals surface area contributed by atoms with Gasteiger partial charge in [-0.1, -0.05) is 31.9 Å². The van der Waals surface area contributed by atoms with Crippen LogP contribution < -0.4 is 0 Å². The molecule has 5 aliphatic carbocycles. The fraction of sp³-hybridized carbons (Fsp3) is 0.771. The molecule has 0 aromatic heterocycles. The molecule has 0 aromatic carbocycles. The summed E-state index contributed by atoms with van der Waals surface area (Å²) in [6, 6.07) is 0. The number of nitrogens with zero attached hydrogens (tertiary/aromatic N) is 1. The Labute approximate surface area is 266 Å². The van der Waals surface area contributed by atoms with Gasteiger partial charge in [-0.25, -0.2) is 0 Å². The van der Waals surface area contributed by atoms with E-state index in [1.54, 1.807) is 19.2 Å². The normalized spacial score (nSPS) is 36.3. The molecular weight excluding hydrogens is 578 g/mol. The summed E-state index contributed by atoms with van der Waals surface area (Å²) in [6.07, 6.45) is 14.8. The van der Waals surface area contributed by atoms with Crippen LogP contribution in [-0.4, -0.2) is 81.5 Å². The smallest absolute Gasteiger partial charge is 0.325 e. The third-order valence-electron chi connectivity index (χ3n) is 11.9. The number of carbonyl (C=O) groups is 4. The van der Waals surface area contributed by atoms with Crippen molar-refractivity contribution in [2.45, 2.75) is 115 Å². The van der Waals surface area contributed by atoms with Gasteiger partial charge in [-0.3, -0.25) is 19.2 Å². The van der Waals surface area contributed by atoms with Crippen molar-refractivity contribution in [2.24, 2.45) is 28.6 Å². The summed E-state index contributed by atoms with van der Waals surface area (Å²) in [5, 5.41) is 23.5. The molecule has 9 heteroatoms. The summed E-state index contributed by atoms with van der Waals surface area (Å²) in [6.45, 7) is 4.14. The highest BCUT2D eigenvalue weighted by molar-refractivity contribution is 7.99. The predicted molar refractivity (Wildman–Crippen MR) is 170 cm³/mol. The zero-order chi connectivity index (χ0) is 31.7. The van der Waals surface area contributed by atoms with Gasteiger partial charge in [0.25, 0.3) is 0 Å². The van der Waals surface area contributed by atoms with Crippen molar-refractivity contribution in [3.8, 4) is 0 Å². The number of aliphatic hydroxyl groups is 2. The van der Waals surface area contributed by atoms with E-state index in [1.165, 1.54) is 16.7 Å². The molecule has 0 bridgehead atoms. The highest BCUT2D eigenvalue weighted by atomic mass is 32.2. The van der Waals surface area contributed by atoms with E-state index in [2.05, 4.69) is 6.92 Å². The average molecular weight is 630 g/mol. The third-order valence-corrected chi connectivity index (χ3v) is 13.0. The second kappa shape index (κ2) is 13.4. The highest BCUT2D eigenvalue weighted by Crippen LogP contribution is 2.67. The lowest BCUT2D eigenvalue weighted by Crippen LogP contribution is -2.61. The molecule has 2 N–H and O–H groups in total. The molecule has 3 unspecified atom stereocenters. The van der Waals surface area contributed by atoms with Crippen LogP contribution in [0.3, 0.4) is 0 Å². The SMILES string of the molecule is CN(CC(=O)OC1CCCC1)C(=O)CCCCCSCC(=O)[C@@]1(O)CCC2C3CCC4=CC(=O)C=C[C@]4(C)C3[C@@H](O)C[C@@]21C. The zero-order valence-corrected chi connectivity index (χ0v) is 27.5. The number of hydrogen-bond acceptors (Lipinski definition) is 8. The molecule has 0 saturated heterocycles. The van der Waals surface area contributed by atoms with E-state index in [9.17, 15) is 29.4 Å². The van der Waals surface area contributed by atoms with Crippen molar-refractivity contribution < 1.29 is 34.1 Å². The summed E-state index contributed by atoms with van der Waals surface area (Å²) >= 11 is 1.53. The summed E-state index contributed by atoms with van der Waals surface area (Å²) in [5.41, 5.74) is -1.38. The first kappa shape index (κ1) is 33.4. The average Bonchev–Trinajstić information content (AvgIpc) is 3.58. The summed E-state index contributed by atoms with van der Waals surface area (Å²) in [5.74, 6) is 0.815. The number of esters is 1. The standard InChI is InChI=1S/C35H51NO7S/c1-33-16-14-24(37)19-23(33)12-13-26-27-15-17-35(42,34(27,2)20-28(38)32(26)33)29(39)22-44-18-8-4-5-11-30(40)36(3)21-31(41)43-25-9-6-7-10-25/h14,16,19,25-28,32,38,42H,4-13,15,17-18,20-22H2,1-3H3/t26?,27?,28-,32?,33-,34-,35-/m0/s1. The van der Waals surface area contributed by atoms with E-state index < -0.39 is 17.1 Å². The van der Waals surface area contributed by atoms with Crippen LogP contribution >= 0.6 is 11.8 Å². The van der Waals surface area contributed by atoms with Gasteiger partial charge in [-0.2, -0.15) is 11.8 Å². The van der Waals surface area contributed by atoms with Crippen molar-refractivity contribution in [1.82, 2.24) is 4.90 Å². The number of allylic oxidation sites excluding steroid dienone is 4. The van der Waals surface area contributed by atoms with Crippen LogP contribution in [0.25, 0.3) is 0 Å². The van der Waals surface area contributed by atoms with Crippen molar-refractivity contribution in [3.63, 3.8) is 0 Å². The number of unbranched alkanes of at least 4 members (excludes halogenated alkanes) is 2. The van der Waals surface area contributed by atoms with Crippen LogP contribution in [0, 0.1) is 28.6 Å². The minimum atomic E-state index is -1.44. The number of ketones is 2. The minimum Gasteiger partial charge on any atom is -0.461 e. The van der Waals surface area contributed by atoms with Crippen molar-refractivity contribution in [2.75, 3.05) is 25.1 Å². The van der Waals surface area contributed by atoms with E-state index in [0.29, 0.717) is 19.3 Å². The molecule has 7 atom stereocenters. The molecule has 244 valence electrons. The molecule has 0 heterocycles. The van der Waals surface area contributed by atoms with E-state index >= 15 is 0 Å². The van der Waals surface area contributed by atoms with Gasteiger partial charge in [0.2, 0.25) is 5.91 Å². The summed E-state index contributed by atoms with van der Waals surface area (Å²) < 4.78 is 5.45. The molecule has 0 spiro atoms. The predicted octanol–water partition coefficient (Wildman–Crippen LogP) is 4.80. The number of likely N-dealkylation sites (N-methyl/N-ethyl adjacent to an activating group) is 1. The fourth-order valence-electron chi connectivity index (χ4n) is 9.43. The maximum atomic E-state index is 13.6. The molecule has 0 aliphatic heterocycles.